The van der Waals surface area contributed by atoms with Crippen LogP contribution in [0.2, 0.25) is 0 Å². The maximum atomic E-state index is 11.8. The van der Waals surface area contributed by atoms with Gasteiger partial charge in [-0.25, -0.2) is 0 Å². The van der Waals surface area contributed by atoms with E-state index in [-0.39, 0.29) is 18.4 Å². The fraction of sp³-hybridized carbons (Fsp3) is 0.500. The van der Waals surface area contributed by atoms with Crippen LogP contribution in [0.5, 0.6) is 11.5 Å². The number of hydrogen-bond acceptors (Lipinski definition) is 6. The third-order valence-corrected chi connectivity index (χ3v) is 4.51. The number of rotatable bonds is 4. The molecule has 2 aliphatic rings. The summed E-state index contributed by atoms with van der Waals surface area (Å²) >= 11 is 0. The Morgan fingerprint density at radius 3 is 2.64 bits per heavy atom. The van der Waals surface area contributed by atoms with E-state index in [0.717, 1.165) is 11.1 Å². The van der Waals surface area contributed by atoms with E-state index in [1.807, 2.05) is 6.07 Å². The number of hydrogen-bond donors (Lipinski definition) is 0. The Balaban J connectivity index is 2.14. The first-order chi connectivity index (χ1) is 10.6. The van der Waals surface area contributed by atoms with Gasteiger partial charge in [0.15, 0.2) is 11.5 Å². The van der Waals surface area contributed by atoms with Gasteiger partial charge in [0.2, 0.25) is 0 Å². The molecule has 22 heavy (non-hydrogen) atoms. The van der Waals surface area contributed by atoms with Crippen LogP contribution in [0.1, 0.15) is 30.1 Å². The summed E-state index contributed by atoms with van der Waals surface area (Å²) in [4.78, 5) is 11.8. The van der Waals surface area contributed by atoms with Gasteiger partial charge in [-0.3, -0.25) is 4.79 Å². The van der Waals surface area contributed by atoms with Crippen molar-refractivity contribution in [3.05, 3.63) is 23.3 Å². The van der Waals surface area contributed by atoms with Crippen molar-refractivity contribution < 1.29 is 23.7 Å². The lowest BCUT2D eigenvalue weighted by Gasteiger charge is -2.30. The molecular formula is C16H17NO5. The van der Waals surface area contributed by atoms with Crippen LogP contribution >= 0.6 is 0 Å². The quantitative estimate of drug-likeness (QED) is 0.792. The summed E-state index contributed by atoms with van der Waals surface area (Å²) in [7, 11) is 4.45. The van der Waals surface area contributed by atoms with Crippen LogP contribution < -0.4 is 9.47 Å². The smallest absolute Gasteiger partial charge is 0.308 e. The second-order valence-electron chi connectivity index (χ2n) is 5.46. The average Bonchev–Trinajstić information content (AvgIpc) is 3.05. The molecule has 0 aromatic heterocycles. The normalized spacial score (nSPS) is 27.9. The van der Waals surface area contributed by atoms with Gasteiger partial charge in [-0.1, -0.05) is 0 Å². The Kier molecular flexibility index (Phi) is 3.45. The molecule has 3 rings (SSSR count). The third-order valence-electron chi connectivity index (χ3n) is 4.51. The van der Waals surface area contributed by atoms with E-state index in [0.29, 0.717) is 17.9 Å². The van der Waals surface area contributed by atoms with Gasteiger partial charge in [-0.2, -0.15) is 5.26 Å². The first kappa shape index (κ1) is 14.7. The first-order valence-corrected chi connectivity index (χ1v) is 7.00. The number of nitrogens with zero attached hydrogens (tertiary/aromatic N) is 1. The monoisotopic (exact) mass is 303 g/mol. The number of nitriles is 1. The number of methoxy groups -OCH3 is 3. The number of carbonyl (C=O) groups is 1. The Morgan fingerprint density at radius 2 is 2.05 bits per heavy atom. The van der Waals surface area contributed by atoms with Gasteiger partial charge in [0.1, 0.15) is 5.60 Å². The number of esters is 1. The van der Waals surface area contributed by atoms with Gasteiger partial charge < -0.3 is 18.9 Å². The molecule has 0 unspecified atom stereocenters. The second kappa shape index (κ2) is 5.18. The molecule has 0 spiro atoms. The molecular weight excluding hydrogens is 286 g/mol. The molecule has 0 saturated carbocycles. The summed E-state index contributed by atoms with van der Waals surface area (Å²) in [5, 5.41) is 9.45. The third kappa shape index (κ3) is 1.86. The maximum Gasteiger partial charge on any atom is 0.308 e. The zero-order chi connectivity index (χ0) is 15.9. The molecule has 2 aliphatic heterocycles. The molecule has 0 radical (unpaired) electrons. The second-order valence-corrected chi connectivity index (χ2v) is 5.46. The minimum Gasteiger partial charge on any atom is -0.493 e. The summed E-state index contributed by atoms with van der Waals surface area (Å²) in [5.74, 6) is 0.378. The summed E-state index contributed by atoms with van der Waals surface area (Å²) in [6.45, 7) is 0. The molecule has 1 saturated heterocycles. The summed E-state index contributed by atoms with van der Waals surface area (Å²) in [6.07, 6.45) is 0.376. The first-order valence-electron chi connectivity index (χ1n) is 7.00. The van der Waals surface area contributed by atoms with Crippen LogP contribution in [-0.2, 0) is 19.9 Å². The van der Waals surface area contributed by atoms with E-state index in [4.69, 9.17) is 18.9 Å². The topological polar surface area (TPSA) is 77.8 Å². The molecule has 116 valence electrons. The lowest BCUT2D eigenvalue weighted by Crippen LogP contribution is -2.34. The van der Waals surface area contributed by atoms with Gasteiger partial charge in [-0.05, 0) is 29.7 Å². The number of ether oxygens (including phenoxy) is 4. The maximum absolute atomic E-state index is 11.8. The molecule has 1 fully saturated rings. The van der Waals surface area contributed by atoms with Gasteiger partial charge >= 0.3 is 5.97 Å². The number of benzene rings is 1. The van der Waals surface area contributed by atoms with Crippen molar-refractivity contribution in [3.8, 4) is 17.6 Å². The lowest BCUT2D eigenvalue weighted by molar-refractivity contribution is -0.149. The van der Waals surface area contributed by atoms with E-state index in [1.54, 1.807) is 20.3 Å². The predicted octanol–water partition coefficient (Wildman–Crippen LogP) is 2.08. The van der Waals surface area contributed by atoms with Gasteiger partial charge in [0, 0.05) is 0 Å². The van der Waals surface area contributed by atoms with Crippen molar-refractivity contribution >= 4 is 5.97 Å². The Hall–Kier alpha value is -2.26. The van der Waals surface area contributed by atoms with Gasteiger partial charge in [0.25, 0.3) is 0 Å². The molecule has 2 heterocycles. The fourth-order valence-corrected chi connectivity index (χ4v) is 3.46. The minimum atomic E-state index is -0.957. The van der Waals surface area contributed by atoms with Crippen molar-refractivity contribution in [2.75, 3.05) is 21.3 Å². The number of fused-ring (bicyclic) bond motifs is 5. The highest BCUT2D eigenvalue weighted by atomic mass is 16.5. The van der Waals surface area contributed by atoms with Crippen molar-refractivity contribution in [3.63, 3.8) is 0 Å². The molecule has 6 nitrogen and oxygen atoms in total. The van der Waals surface area contributed by atoms with Crippen molar-refractivity contribution in [1.82, 2.24) is 0 Å². The SMILES string of the molecule is COC(=O)C[C@@]12O[C@@H](C[C@@H]1C#N)c1cc(OC)c(OC)cc12. The Labute approximate surface area is 128 Å². The highest BCUT2D eigenvalue weighted by molar-refractivity contribution is 5.72. The largest absolute Gasteiger partial charge is 0.493 e. The fourth-order valence-electron chi connectivity index (χ4n) is 3.46. The van der Waals surface area contributed by atoms with Crippen LogP contribution in [-0.4, -0.2) is 27.3 Å². The Bertz CT molecular complexity index is 665. The summed E-state index contributed by atoms with van der Waals surface area (Å²) in [6, 6.07) is 5.94. The number of carbonyl (C=O) groups excluding carboxylic acids is 1. The molecule has 3 atom stereocenters. The summed E-state index contributed by atoms with van der Waals surface area (Å²) in [5.41, 5.74) is 0.813. The molecule has 1 aromatic rings. The van der Waals surface area contributed by atoms with Gasteiger partial charge in [-0.15, -0.1) is 0 Å². The molecule has 0 aliphatic carbocycles. The van der Waals surface area contributed by atoms with Gasteiger partial charge in [0.05, 0.1) is 45.8 Å². The van der Waals surface area contributed by atoms with E-state index >= 15 is 0 Å². The van der Waals surface area contributed by atoms with Crippen LogP contribution in [0, 0.1) is 17.2 Å². The molecule has 0 N–H and O–H groups in total. The van der Waals surface area contributed by atoms with E-state index in [9.17, 15) is 10.1 Å². The highest BCUT2D eigenvalue weighted by Gasteiger charge is 2.59. The van der Waals surface area contributed by atoms with E-state index in [1.165, 1.54) is 7.11 Å². The molecule has 1 aromatic carbocycles. The van der Waals surface area contributed by atoms with Crippen molar-refractivity contribution in [2.24, 2.45) is 5.92 Å². The lowest BCUT2D eigenvalue weighted by atomic mass is 9.73. The zero-order valence-corrected chi connectivity index (χ0v) is 12.7. The molecule has 2 bridgehead atoms. The Morgan fingerprint density at radius 1 is 1.36 bits per heavy atom. The zero-order valence-electron chi connectivity index (χ0n) is 12.7. The van der Waals surface area contributed by atoms with Crippen LogP contribution in [0.25, 0.3) is 0 Å². The van der Waals surface area contributed by atoms with Crippen molar-refractivity contribution in [1.29, 1.82) is 5.26 Å². The minimum absolute atomic E-state index is 0.0146. The van der Waals surface area contributed by atoms with Crippen LogP contribution in [0.3, 0.4) is 0 Å². The average molecular weight is 303 g/mol. The molecule has 0 amide bonds. The van der Waals surface area contributed by atoms with Crippen LogP contribution in [0.15, 0.2) is 12.1 Å². The molecule has 6 heteroatoms. The summed E-state index contributed by atoms with van der Waals surface area (Å²) < 4.78 is 21.5. The van der Waals surface area contributed by atoms with Crippen molar-refractivity contribution in [2.45, 2.75) is 24.5 Å². The van der Waals surface area contributed by atoms with E-state index in [2.05, 4.69) is 6.07 Å². The van der Waals surface area contributed by atoms with E-state index < -0.39 is 11.6 Å². The highest BCUT2D eigenvalue weighted by Crippen LogP contribution is 2.61. The standard InChI is InChI=1S/C16H17NO5/c1-19-13-5-10-11(6-14(13)20-2)16(7-15(18)21-3)9(8-17)4-12(10)22-16/h5-6,9,12H,4,7H2,1-3H3/t9-,12+,16-/m1/s1. The predicted molar refractivity (Wildman–Crippen MR) is 75.4 cm³/mol. The van der Waals surface area contributed by atoms with Crippen LogP contribution in [0.4, 0.5) is 0 Å².